The molecule has 1 heterocycles. The molecule has 0 radical (unpaired) electrons. The molecule has 0 aliphatic heterocycles. The van der Waals surface area contributed by atoms with Crippen molar-refractivity contribution in [2.24, 2.45) is 0 Å². The molecular weight excluding hydrogens is 198 g/mol. The average molecular weight is 211 g/mol. The van der Waals surface area contributed by atoms with E-state index in [9.17, 15) is 4.79 Å². The fourth-order valence-electron chi connectivity index (χ4n) is 1.71. The number of fused-ring (bicyclic) bond motifs is 1. The summed E-state index contributed by atoms with van der Waals surface area (Å²) in [4.78, 5) is 16.2. The van der Waals surface area contributed by atoms with Crippen molar-refractivity contribution in [3.63, 3.8) is 0 Å². The zero-order valence-corrected chi connectivity index (χ0v) is 9.23. The van der Waals surface area contributed by atoms with Crippen molar-refractivity contribution in [3.8, 4) is 0 Å². The number of ketones is 1. The highest BCUT2D eigenvalue weighted by Gasteiger charge is 2.09. The van der Waals surface area contributed by atoms with Gasteiger partial charge in [-0.2, -0.15) is 0 Å². The Bertz CT molecular complexity index is 552. The van der Waals surface area contributed by atoms with Crippen molar-refractivity contribution >= 4 is 16.7 Å². The van der Waals surface area contributed by atoms with Gasteiger partial charge in [0.1, 0.15) is 0 Å². The molecule has 0 amide bonds. The second-order valence-corrected chi connectivity index (χ2v) is 3.93. The number of para-hydroxylation sites is 1. The topological polar surface area (TPSA) is 30.0 Å². The maximum Gasteiger partial charge on any atom is 0.167 e. The van der Waals surface area contributed by atoms with Crippen molar-refractivity contribution in [1.82, 2.24) is 4.98 Å². The molecule has 0 saturated carbocycles. The van der Waals surface area contributed by atoms with Gasteiger partial charge in [-0.15, -0.1) is 0 Å². The van der Waals surface area contributed by atoms with Crippen LogP contribution in [0.15, 0.2) is 48.7 Å². The standard InChI is InChI=1S/C14H13NO/c1-10(2)9-14(16)12-7-8-15-13-6-4-3-5-11(12)13/h3-8H,1,9H2,2H3. The number of aromatic nitrogens is 1. The molecule has 0 spiro atoms. The third-order valence-corrected chi connectivity index (χ3v) is 2.41. The van der Waals surface area contributed by atoms with E-state index in [2.05, 4.69) is 11.6 Å². The van der Waals surface area contributed by atoms with E-state index in [0.717, 1.165) is 22.0 Å². The van der Waals surface area contributed by atoms with E-state index in [-0.39, 0.29) is 5.78 Å². The Kier molecular flexibility index (Phi) is 2.82. The summed E-state index contributed by atoms with van der Waals surface area (Å²) in [6.45, 7) is 5.63. The summed E-state index contributed by atoms with van der Waals surface area (Å²) in [5.74, 6) is 0.103. The fourth-order valence-corrected chi connectivity index (χ4v) is 1.71. The molecule has 0 saturated heterocycles. The van der Waals surface area contributed by atoms with Gasteiger partial charge in [-0.1, -0.05) is 30.4 Å². The van der Waals surface area contributed by atoms with E-state index >= 15 is 0 Å². The van der Waals surface area contributed by atoms with E-state index in [1.807, 2.05) is 31.2 Å². The van der Waals surface area contributed by atoms with Crippen LogP contribution in [0.2, 0.25) is 0 Å². The monoisotopic (exact) mass is 211 g/mol. The Hall–Kier alpha value is -1.96. The molecule has 2 rings (SSSR count). The van der Waals surface area contributed by atoms with Gasteiger partial charge in [0.05, 0.1) is 5.52 Å². The predicted molar refractivity (Wildman–Crippen MR) is 65.5 cm³/mol. The summed E-state index contributed by atoms with van der Waals surface area (Å²) < 4.78 is 0. The first-order valence-corrected chi connectivity index (χ1v) is 5.20. The van der Waals surface area contributed by atoms with E-state index in [0.29, 0.717) is 6.42 Å². The number of benzene rings is 1. The lowest BCUT2D eigenvalue weighted by atomic mass is 10.0. The van der Waals surface area contributed by atoms with Crippen LogP contribution in [0.5, 0.6) is 0 Å². The van der Waals surface area contributed by atoms with Gasteiger partial charge in [-0.25, -0.2) is 0 Å². The Morgan fingerprint density at radius 1 is 1.31 bits per heavy atom. The van der Waals surface area contributed by atoms with Crippen molar-refractivity contribution in [1.29, 1.82) is 0 Å². The molecule has 16 heavy (non-hydrogen) atoms. The number of rotatable bonds is 3. The van der Waals surface area contributed by atoms with E-state index in [1.165, 1.54) is 0 Å². The molecular formula is C14H13NO. The minimum Gasteiger partial charge on any atom is -0.294 e. The number of carbonyl (C=O) groups is 1. The van der Waals surface area contributed by atoms with Crippen molar-refractivity contribution in [2.45, 2.75) is 13.3 Å². The molecule has 1 aromatic carbocycles. The van der Waals surface area contributed by atoms with Crippen molar-refractivity contribution in [2.75, 3.05) is 0 Å². The molecule has 0 aliphatic carbocycles. The normalized spacial score (nSPS) is 10.3. The highest BCUT2D eigenvalue weighted by molar-refractivity contribution is 6.07. The highest BCUT2D eigenvalue weighted by atomic mass is 16.1. The lowest BCUT2D eigenvalue weighted by molar-refractivity contribution is 0.0994. The lowest BCUT2D eigenvalue weighted by Crippen LogP contribution is -2.00. The van der Waals surface area contributed by atoms with E-state index in [4.69, 9.17) is 0 Å². The third-order valence-electron chi connectivity index (χ3n) is 2.41. The number of allylic oxidation sites excluding steroid dienone is 1. The first-order valence-electron chi connectivity index (χ1n) is 5.20. The van der Waals surface area contributed by atoms with Crippen LogP contribution in [-0.4, -0.2) is 10.8 Å². The van der Waals surface area contributed by atoms with Gasteiger partial charge in [-0.05, 0) is 19.1 Å². The van der Waals surface area contributed by atoms with Crippen LogP contribution >= 0.6 is 0 Å². The summed E-state index contributed by atoms with van der Waals surface area (Å²) >= 11 is 0. The van der Waals surface area contributed by atoms with Crippen LogP contribution in [0.25, 0.3) is 10.9 Å². The quantitative estimate of drug-likeness (QED) is 0.575. The fraction of sp³-hybridized carbons (Fsp3) is 0.143. The molecule has 80 valence electrons. The van der Waals surface area contributed by atoms with Gasteiger partial charge in [-0.3, -0.25) is 9.78 Å². The van der Waals surface area contributed by atoms with Crippen LogP contribution in [0.1, 0.15) is 23.7 Å². The van der Waals surface area contributed by atoms with Gasteiger partial charge in [0, 0.05) is 23.6 Å². The maximum atomic E-state index is 12.0. The zero-order valence-electron chi connectivity index (χ0n) is 9.23. The Morgan fingerprint density at radius 3 is 2.81 bits per heavy atom. The molecule has 0 fully saturated rings. The molecule has 2 nitrogen and oxygen atoms in total. The summed E-state index contributed by atoms with van der Waals surface area (Å²) in [7, 11) is 0. The minimum atomic E-state index is 0.103. The first kappa shape index (κ1) is 10.6. The molecule has 0 bridgehead atoms. The molecule has 0 unspecified atom stereocenters. The molecule has 1 aromatic heterocycles. The van der Waals surface area contributed by atoms with E-state index < -0.39 is 0 Å². The average Bonchev–Trinajstić information content (AvgIpc) is 2.27. The van der Waals surface area contributed by atoms with E-state index in [1.54, 1.807) is 12.3 Å². The molecule has 2 heteroatoms. The minimum absolute atomic E-state index is 0.103. The molecule has 0 atom stereocenters. The van der Waals surface area contributed by atoms with Gasteiger partial charge in [0.25, 0.3) is 0 Å². The molecule has 0 N–H and O–H groups in total. The summed E-state index contributed by atoms with van der Waals surface area (Å²) in [5.41, 5.74) is 2.47. The summed E-state index contributed by atoms with van der Waals surface area (Å²) in [6, 6.07) is 9.44. The predicted octanol–water partition coefficient (Wildman–Crippen LogP) is 3.38. The molecule has 2 aromatic rings. The van der Waals surface area contributed by atoms with Gasteiger partial charge in [0.15, 0.2) is 5.78 Å². The summed E-state index contributed by atoms with van der Waals surface area (Å²) in [5, 5.41) is 0.913. The maximum absolute atomic E-state index is 12.0. The second-order valence-electron chi connectivity index (χ2n) is 3.93. The number of Topliss-reactive ketones (excluding diaryl/α,β-unsaturated/α-hetero) is 1. The molecule has 0 aliphatic rings. The van der Waals surface area contributed by atoms with Gasteiger partial charge < -0.3 is 0 Å². The van der Waals surface area contributed by atoms with Crippen LogP contribution in [0.3, 0.4) is 0 Å². The zero-order chi connectivity index (χ0) is 11.5. The van der Waals surface area contributed by atoms with Crippen molar-refractivity contribution in [3.05, 3.63) is 54.2 Å². The second kappa shape index (κ2) is 4.27. The van der Waals surface area contributed by atoms with Crippen LogP contribution in [0.4, 0.5) is 0 Å². The number of carbonyl (C=O) groups excluding carboxylic acids is 1. The van der Waals surface area contributed by atoms with Crippen molar-refractivity contribution < 1.29 is 4.79 Å². The number of hydrogen-bond acceptors (Lipinski definition) is 2. The van der Waals surface area contributed by atoms with Crippen LogP contribution in [-0.2, 0) is 0 Å². The SMILES string of the molecule is C=C(C)CC(=O)c1ccnc2ccccc12. The third kappa shape index (κ3) is 2.01. The largest absolute Gasteiger partial charge is 0.294 e. The highest BCUT2D eigenvalue weighted by Crippen LogP contribution is 2.18. The Labute approximate surface area is 94.6 Å². The van der Waals surface area contributed by atoms with Gasteiger partial charge >= 0.3 is 0 Å². The van der Waals surface area contributed by atoms with Crippen LogP contribution in [0, 0.1) is 0 Å². The number of pyridine rings is 1. The van der Waals surface area contributed by atoms with Gasteiger partial charge in [0.2, 0.25) is 0 Å². The van der Waals surface area contributed by atoms with Crippen LogP contribution < -0.4 is 0 Å². The lowest BCUT2D eigenvalue weighted by Gasteiger charge is -2.04. The number of hydrogen-bond donors (Lipinski definition) is 0. The Morgan fingerprint density at radius 2 is 2.06 bits per heavy atom. The smallest absolute Gasteiger partial charge is 0.167 e. The Balaban J connectivity index is 2.52. The number of nitrogens with zero attached hydrogens (tertiary/aromatic N) is 1. The first-order chi connectivity index (χ1) is 7.68. The summed E-state index contributed by atoms with van der Waals surface area (Å²) in [6.07, 6.45) is 2.07.